The number of hydrogen-bond donors (Lipinski definition) is 2. The SMILES string of the molecule is O=C(NC[C@@H]1CC=CCC1)Nc1ccc(Cn2ccccc2=O)cc1. The summed E-state index contributed by atoms with van der Waals surface area (Å²) in [6, 6.07) is 12.5. The summed E-state index contributed by atoms with van der Waals surface area (Å²) in [5.41, 5.74) is 1.72. The number of aromatic nitrogens is 1. The van der Waals surface area contributed by atoms with Crippen LogP contribution in [0.4, 0.5) is 10.5 Å². The molecule has 1 atom stereocenters. The third kappa shape index (κ3) is 5.08. The van der Waals surface area contributed by atoms with Gasteiger partial charge in [-0.15, -0.1) is 0 Å². The van der Waals surface area contributed by atoms with Gasteiger partial charge >= 0.3 is 6.03 Å². The third-order valence-corrected chi connectivity index (χ3v) is 4.39. The molecule has 1 heterocycles. The van der Waals surface area contributed by atoms with Crippen LogP contribution in [0.5, 0.6) is 0 Å². The number of carbonyl (C=O) groups excluding carboxylic acids is 1. The largest absolute Gasteiger partial charge is 0.338 e. The highest BCUT2D eigenvalue weighted by atomic mass is 16.2. The van der Waals surface area contributed by atoms with Gasteiger partial charge in [0.25, 0.3) is 5.56 Å². The summed E-state index contributed by atoms with van der Waals surface area (Å²) < 4.78 is 1.65. The van der Waals surface area contributed by atoms with Crippen LogP contribution < -0.4 is 16.2 Å². The molecule has 1 aliphatic carbocycles. The van der Waals surface area contributed by atoms with E-state index in [0.717, 1.165) is 30.5 Å². The van der Waals surface area contributed by atoms with Gasteiger partial charge in [0.05, 0.1) is 6.54 Å². The number of nitrogens with one attached hydrogen (secondary N) is 2. The Morgan fingerprint density at radius 3 is 2.68 bits per heavy atom. The molecule has 3 rings (SSSR count). The van der Waals surface area contributed by atoms with Gasteiger partial charge in [0, 0.05) is 24.5 Å². The van der Waals surface area contributed by atoms with E-state index in [4.69, 9.17) is 0 Å². The van der Waals surface area contributed by atoms with Gasteiger partial charge in [0.1, 0.15) is 0 Å². The second-order valence-corrected chi connectivity index (χ2v) is 6.35. The Labute approximate surface area is 147 Å². The molecule has 2 aromatic rings. The standard InChI is InChI=1S/C20H23N3O2/c24-19-8-4-5-13-23(19)15-17-9-11-18(12-10-17)22-20(25)21-14-16-6-2-1-3-7-16/h1-2,4-5,8-13,16H,3,6-7,14-15H2,(H2,21,22,25)/t16-/m1/s1. The Bertz CT molecular complexity index is 793. The Hall–Kier alpha value is -2.82. The first-order chi connectivity index (χ1) is 12.2. The van der Waals surface area contributed by atoms with E-state index in [9.17, 15) is 9.59 Å². The predicted octanol–water partition coefficient (Wildman–Crippen LogP) is 3.37. The number of benzene rings is 1. The molecule has 0 radical (unpaired) electrons. The van der Waals surface area contributed by atoms with Crippen molar-refractivity contribution >= 4 is 11.7 Å². The maximum atomic E-state index is 12.0. The number of rotatable bonds is 5. The first kappa shape index (κ1) is 17.0. The van der Waals surface area contributed by atoms with Crippen molar-refractivity contribution in [3.05, 3.63) is 76.7 Å². The van der Waals surface area contributed by atoms with Gasteiger partial charge in [-0.3, -0.25) is 4.79 Å². The summed E-state index contributed by atoms with van der Waals surface area (Å²) in [5, 5.41) is 5.78. The van der Waals surface area contributed by atoms with Gasteiger partial charge in [0.15, 0.2) is 0 Å². The molecule has 0 aliphatic heterocycles. The normalized spacial score (nSPS) is 16.4. The summed E-state index contributed by atoms with van der Waals surface area (Å²) in [7, 11) is 0. The van der Waals surface area contributed by atoms with Crippen LogP contribution in [0.2, 0.25) is 0 Å². The van der Waals surface area contributed by atoms with Crippen molar-refractivity contribution in [3.63, 3.8) is 0 Å². The lowest BCUT2D eigenvalue weighted by Crippen LogP contribution is -2.33. The van der Waals surface area contributed by atoms with Crippen molar-refractivity contribution in [1.82, 2.24) is 9.88 Å². The smallest absolute Gasteiger partial charge is 0.319 e. The van der Waals surface area contributed by atoms with E-state index >= 15 is 0 Å². The summed E-state index contributed by atoms with van der Waals surface area (Å²) in [5.74, 6) is 0.530. The van der Waals surface area contributed by atoms with Crippen LogP contribution in [0.1, 0.15) is 24.8 Å². The molecule has 0 spiro atoms. The first-order valence-corrected chi connectivity index (χ1v) is 8.65. The van der Waals surface area contributed by atoms with E-state index in [1.807, 2.05) is 30.3 Å². The van der Waals surface area contributed by atoms with Crippen molar-refractivity contribution < 1.29 is 4.79 Å². The van der Waals surface area contributed by atoms with Crippen LogP contribution in [0.3, 0.4) is 0 Å². The molecule has 2 amide bonds. The number of nitrogens with zero attached hydrogens (tertiary/aromatic N) is 1. The second-order valence-electron chi connectivity index (χ2n) is 6.35. The fourth-order valence-electron chi connectivity index (χ4n) is 2.94. The number of urea groups is 1. The number of hydrogen-bond acceptors (Lipinski definition) is 2. The zero-order valence-electron chi connectivity index (χ0n) is 14.2. The molecule has 0 fully saturated rings. The van der Waals surface area contributed by atoms with E-state index in [0.29, 0.717) is 19.0 Å². The summed E-state index contributed by atoms with van der Waals surface area (Å²) in [6.45, 7) is 1.21. The van der Waals surface area contributed by atoms with Crippen LogP contribution in [-0.2, 0) is 6.54 Å². The maximum Gasteiger partial charge on any atom is 0.319 e. The van der Waals surface area contributed by atoms with Crippen LogP contribution >= 0.6 is 0 Å². The molecule has 130 valence electrons. The Kier molecular flexibility index (Phi) is 5.67. The van der Waals surface area contributed by atoms with Crippen molar-refractivity contribution in [2.45, 2.75) is 25.8 Å². The number of amides is 2. The van der Waals surface area contributed by atoms with Crippen molar-refractivity contribution in [3.8, 4) is 0 Å². The number of pyridine rings is 1. The third-order valence-electron chi connectivity index (χ3n) is 4.39. The van der Waals surface area contributed by atoms with E-state index in [1.165, 1.54) is 0 Å². The number of anilines is 1. The molecule has 5 heteroatoms. The minimum atomic E-state index is -0.179. The summed E-state index contributed by atoms with van der Waals surface area (Å²) in [4.78, 5) is 23.7. The molecule has 2 N–H and O–H groups in total. The lowest BCUT2D eigenvalue weighted by atomic mass is 9.94. The maximum absolute atomic E-state index is 12.0. The van der Waals surface area contributed by atoms with E-state index < -0.39 is 0 Å². The zero-order chi connectivity index (χ0) is 17.5. The van der Waals surface area contributed by atoms with Crippen molar-refractivity contribution in [2.24, 2.45) is 5.92 Å². The monoisotopic (exact) mass is 337 g/mol. The minimum Gasteiger partial charge on any atom is -0.338 e. The highest BCUT2D eigenvalue weighted by Crippen LogP contribution is 2.17. The van der Waals surface area contributed by atoms with E-state index in [2.05, 4.69) is 22.8 Å². The van der Waals surface area contributed by atoms with Gasteiger partial charge < -0.3 is 15.2 Å². The van der Waals surface area contributed by atoms with Crippen LogP contribution in [-0.4, -0.2) is 17.1 Å². The van der Waals surface area contributed by atoms with Crippen LogP contribution in [0.25, 0.3) is 0 Å². The van der Waals surface area contributed by atoms with E-state index in [1.54, 1.807) is 22.9 Å². The van der Waals surface area contributed by atoms with Gasteiger partial charge in [-0.2, -0.15) is 0 Å². The minimum absolute atomic E-state index is 0.0263. The van der Waals surface area contributed by atoms with Gasteiger partial charge in [-0.05, 0) is 48.9 Å². The molecular formula is C20H23N3O2. The second kappa shape index (κ2) is 8.33. The molecule has 5 nitrogen and oxygen atoms in total. The molecule has 0 unspecified atom stereocenters. The lowest BCUT2D eigenvalue weighted by molar-refractivity contribution is 0.249. The van der Waals surface area contributed by atoms with Gasteiger partial charge in [0.2, 0.25) is 0 Å². The highest BCUT2D eigenvalue weighted by Gasteiger charge is 2.11. The van der Waals surface area contributed by atoms with Gasteiger partial charge in [-0.1, -0.05) is 30.4 Å². The van der Waals surface area contributed by atoms with E-state index in [-0.39, 0.29) is 11.6 Å². The molecule has 0 saturated heterocycles. The summed E-state index contributed by atoms with van der Waals surface area (Å²) >= 11 is 0. The van der Waals surface area contributed by atoms with Crippen LogP contribution in [0, 0.1) is 5.92 Å². The lowest BCUT2D eigenvalue weighted by Gasteiger charge is -2.18. The highest BCUT2D eigenvalue weighted by molar-refractivity contribution is 5.89. The number of carbonyl (C=O) groups is 1. The molecule has 0 saturated carbocycles. The molecule has 1 aromatic carbocycles. The average Bonchev–Trinajstić information content (AvgIpc) is 2.64. The van der Waals surface area contributed by atoms with Crippen molar-refractivity contribution in [1.29, 1.82) is 0 Å². The molecule has 1 aromatic heterocycles. The van der Waals surface area contributed by atoms with Crippen molar-refractivity contribution in [2.75, 3.05) is 11.9 Å². The quantitative estimate of drug-likeness (QED) is 0.822. The Balaban J connectivity index is 1.50. The molecule has 0 bridgehead atoms. The average molecular weight is 337 g/mol. The summed E-state index contributed by atoms with van der Waals surface area (Å²) in [6.07, 6.45) is 9.41. The van der Waals surface area contributed by atoms with Crippen LogP contribution in [0.15, 0.2) is 65.6 Å². The predicted molar refractivity (Wildman–Crippen MR) is 99.7 cm³/mol. The zero-order valence-corrected chi connectivity index (χ0v) is 14.2. The number of allylic oxidation sites excluding steroid dienone is 2. The Morgan fingerprint density at radius 2 is 1.96 bits per heavy atom. The van der Waals surface area contributed by atoms with Gasteiger partial charge in [-0.25, -0.2) is 4.79 Å². The molecule has 25 heavy (non-hydrogen) atoms. The fourth-order valence-corrected chi connectivity index (χ4v) is 2.94. The first-order valence-electron chi connectivity index (χ1n) is 8.65. The molecule has 1 aliphatic rings. The topological polar surface area (TPSA) is 63.1 Å². The Morgan fingerprint density at radius 1 is 1.12 bits per heavy atom. The fraction of sp³-hybridized carbons (Fsp3) is 0.300. The molecular weight excluding hydrogens is 314 g/mol.